The Morgan fingerprint density at radius 1 is 1.00 bits per heavy atom. The van der Waals surface area contributed by atoms with Crippen LogP contribution < -0.4 is 4.74 Å². The first-order chi connectivity index (χ1) is 11.6. The molecule has 0 heterocycles. The van der Waals surface area contributed by atoms with Crippen molar-refractivity contribution in [2.45, 2.75) is 32.7 Å². The molecule has 2 aromatic carbocycles. The molecule has 0 aliphatic rings. The van der Waals surface area contributed by atoms with Crippen LogP contribution in [-0.2, 0) is 4.79 Å². The molecule has 2 unspecified atom stereocenters. The smallest absolute Gasteiger partial charge is 0.161 e. The maximum atomic E-state index is 13.3. The van der Waals surface area contributed by atoms with Crippen LogP contribution >= 0.6 is 0 Å². The molecule has 0 amide bonds. The van der Waals surface area contributed by atoms with E-state index in [0.717, 1.165) is 30.0 Å². The van der Waals surface area contributed by atoms with Crippen molar-refractivity contribution in [1.82, 2.24) is 4.90 Å². The van der Waals surface area contributed by atoms with Gasteiger partial charge in [-0.2, -0.15) is 0 Å². The summed E-state index contributed by atoms with van der Waals surface area (Å²) >= 11 is 0. The molecule has 0 aromatic heterocycles. The van der Waals surface area contributed by atoms with Crippen LogP contribution in [0.25, 0.3) is 0 Å². The van der Waals surface area contributed by atoms with Crippen LogP contribution in [0.2, 0.25) is 0 Å². The number of rotatable bonds is 8. The Labute approximate surface area is 145 Å². The summed E-state index contributed by atoms with van der Waals surface area (Å²) in [6.07, 6.45) is 0. The first-order valence-corrected chi connectivity index (χ1v) is 8.59. The van der Waals surface area contributed by atoms with Crippen molar-refractivity contribution in [2.75, 3.05) is 20.2 Å². The predicted octanol–water partition coefficient (Wildman–Crippen LogP) is 4.45. The van der Waals surface area contributed by atoms with Gasteiger partial charge in [0.25, 0.3) is 0 Å². The highest BCUT2D eigenvalue weighted by atomic mass is 16.5. The molecule has 0 fully saturated rings. The van der Waals surface area contributed by atoms with E-state index >= 15 is 0 Å². The number of nitrogens with zero attached hydrogens (tertiary/aromatic N) is 1. The lowest BCUT2D eigenvalue weighted by Gasteiger charge is -2.31. The van der Waals surface area contributed by atoms with Crippen LogP contribution in [0.15, 0.2) is 54.6 Å². The zero-order chi connectivity index (χ0) is 17.5. The van der Waals surface area contributed by atoms with Crippen molar-refractivity contribution in [3.05, 3.63) is 65.7 Å². The van der Waals surface area contributed by atoms with E-state index in [1.165, 1.54) is 0 Å². The Hall–Kier alpha value is -2.13. The van der Waals surface area contributed by atoms with Crippen LogP contribution in [-0.4, -0.2) is 30.9 Å². The minimum absolute atomic E-state index is 0.150. The van der Waals surface area contributed by atoms with E-state index in [1.807, 2.05) is 61.5 Å². The van der Waals surface area contributed by atoms with Gasteiger partial charge in [0.2, 0.25) is 0 Å². The number of hydrogen-bond acceptors (Lipinski definition) is 3. The van der Waals surface area contributed by atoms with Crippen LogP contribution in [0.1, 0.15) is 43.9 Å². The van der Waals surface area contributed by atoms with Gasteiger partial charge in [0.15, 0.2) is 5.78 Å². The first-order valence-electron chi connectivity index (χ1n) is 8.59. The maximum absolute atomic E-state index is 13.3. The highest BCUT2D eigenvalue weighted by molar-refractivity contribution is 5.91. The molecule has 128 valence electrons. The van der Waals surface area contributed by atoms with Crippen molar-refractivity contribution < 1.29 is 9.53 Å². The lowest BCUT2D eigenvalue weighted by Crippen LogP contribution is -2.36. The number of methoxy groups -OCH3 is 1. The standard InChI is InChI=1S/C21H27NO2/c1-5-22(6-2)20(18-13-10-14-19(15-18)24-4)21(23)16(3)17-11-8-7-9-12-17/h7-16,20H,5-6H2,1-4H3. The largest absolute Gasteiger partial charge is 0.497 e. The van der Waals surface area contributed by atoms with Crippen LogP contribution in [0.4, 0.5) is 0 Å². The molecule has 2 rings (SSSR count). The van der Waals surface area contributed by atoms with E-state index in [0.29, 0.717) is 0 Å². The Kier molecular flexibility index (Phi) is 6.56. The lowest BCUT2D eigenvalue weighted by molar-refractivity contribution is -0.125. The number of Topliss-reactive ketones (excluding diaryl/α,β-unsaturated/α-hetero) is 1. The van der Waals surface area contributed by atoms with Gasteiger partial charge in [0.1, 0.15) is 5.75 Å². The number of ketones is 1. The van der Waals surface area contributed by atoms with Gasteiger partial charge < -0.3 is 4.74 Å². The molecular weight excluding hydrogens is 298 g/mol. The van der Waals surface area contributed by atoms with Gasteiger partial charge in [-0.25, -0.2) is 0 Å². The third-order valence-electron chi connectivity index (χ3n) is 4.58. The lowest BCUT2D eigenvalue weighted by atomic mass is 9.88. The molecule has 0 saturated carbocycles. The summed E-state index contributed by atoms with van der Waals surface area (Å²) in [7, 11) is 1.65. The fraction of sp³-hybridized carbons (Fsp3) is 0.381. The summed E-state index contributed by atoms with van der Waals surface area (Å²) < 4.78 is 5.35. The van der Waals surface area contributed by atoms with Gasteiger partial charge in [0.05, 0.1) is 13.2 Å². The van der Waals surface area contributed by atoms with Crippen LogP contribution in [0.3, 0.4) is 0 Å². The molecular formula is C21H27NO2. The minimum Gasteiger partial charge on any atom is -0.497 e. The van der Waals surface area contributed by atoms with Crippen molar-refractivity contribution in [3.8, 4) is 5.75 Å². The van der Waals surface area contributed by atoms with Gasteiger partial charge in [0, 0.05) is 5.92 Å². The van der Waals surface area contributed by atoms with Gasteiger partial charge in [-0.15, -0.1) is 0 Å². The first kappa shape index (κ1) is 18.2. The Bertz CT molecular complexity index is 650. The Balaban J connectivity index is 2.40. The molecule has 0 radical (unpaired) electrons. The van der Waals surface area contributed by atoms with E-state index in [1.54, 1.807) is 7.11 Å². The molecule has 0 aliphatic carbocycles. The molecule has 24 heavy (non-hydrogen) atoms. The van der Waals surface area contributed by atoms with Gasteiger partial charge in [-0.05, 0) is 36.3 Å². The monoisotopic (exact) mass is 325 g/mol. The molecule has 0 aliphatic heterocycles. The molecule has 3 heteroatoms. The topological polar surface area (TPSA) is 29.5 Å². The summed E-state index contributed by atoms with van der Waals surface area (Å²) in [5.41, 5.74) is 2.05. The number of hydrogen-bond donors (Lipinski definition) is 0. The zero-order valence-corrected chi connectivity index (χ0v) is 15.0. The number of carbonyl (C=O) groups excluding carboxylic acids is 1. The van der Waals surface area contributed by atoms with Crippen LogP contribution in [0, 0.1) is 0 Å². The van der Waals surface area contributed by atoms with Crippen molar-refractivity contribution in [3.63, 3.8) is 0 Å². The summed E-state index contributed by atoms with van der Waals surface area (Å²) in [5, 5.41) is 0. The maximum Gasteiger partial charge on any atom is 0.161 e. The summed E-state index contributed by atoms with van der Waals surface area (Å²) in [6.45, 7) is 7.83. The quantitative estimate of drug-likeness (QED) is 0.718. The van der Waals surface area contributed by atoms with Gasteiger partial charge >= 0.3 is 0 Å². The Morgan fingerprint density at radius 3 is 2.21 bits per heavy atom. The third-order valence-corrected chi connectivity index (χ3v) is 4.58. The minimum atomic E-state index is -0.259. The van der Waals surface area contributed by atoms with E-state index in [9.17, 15) is 4.79 Å². The molecule has 2 aromatic rings. The zero-order valence-electron chi connectivity index (χ0n) is 15.0. The van der Waals surface area contributed by atoms with Crippen molar-refractivity contribution >= 4 is 5.78 Å². The average Bonchev–Trinajstić information content (AvgIpc) is 2.65. The van der Waals surface area contributed by atoms with E-state index in [4.69, 9.17) is 4.74 Å². The number of benzene rings is 2. The summed E-state index contributed by atoms with van der Waals surface area (Å²) in [5.74, 6) is 0.853. The number of likely N-dealkylation sites (N-methyl/N-ethyl adjacent to an activating group) is 1. The third kappa shape index (κ3) is 4.04. The fourth-order valence-electron chi connectivity index (χ4n) is 3.10. The van der Waals surface area contributed by atoms with Gasteiger partial charge in [-0.3, -0.25) is 9.69 Å². The molecule has 0 spiro atoms. The van der Waals surface area contributed by atoms with Gasteiger partial charge in [-0.1, -0.05) is 63.2 Å². The highest BCUT2D eigenvalue weighted by Gasteiger charge is 2.30. The second-order valence-electron chi connectivity index (χ2n) is 5.94. The second-order valence-corrected chi connectivity index (χ2v) is 5.94. The SMILES string of the molecule is CCN(CC)C(C(=O)C(C)c1ccccc1)c1cccc(OC)c1. The predicted molar refractivity (Wildman–Crippen MR) is 98.5 cm³/mol. The molecule has 2 atom stereocenters. The van der Waals surface area contributed by atoms with E-state index in [2.05, 4.69) is 18.7 Å². The molecule has 0 bridgehead atoms. The van der Waals surface area contributed by atoms with Crippen molar-refractivity contribution in [1.29, 1.82) is 0 Å². The fourth-order valence-corrected chi connectivity index (χ4v) is 3.10. The molecule has 3 nitrogen and oxygen atoms in total. The highest BCUT2D eigenvalue weighted by Crippen LogP contribution is 2.30. The number of ether oxygens (including phenoxy) is 1. The Morgan fingerprint density at radius 2 is 1.62 bits per heavy atom. The number of carbonyl (C=O) groups is 1. The molecule has 0 N–H and O–H groups in total. The summed E-state index contributed by atoms with van der Waals surface area (Å²) in [4.78, 5) is 15.5. The van der Waals surface area contributed by atoms with Crippen molar-refractivity contribution in [2.24, 2.45) is 0 Å². The second kappa shape index (κ2) is 8.65. The van der Waals surface area contributed by atoms with E-state index in [-0.39, 0.29) is 17.7 Å². The van der Waals surface area contributed by atoms with E-state index < -0.39 is 0 Å². The molecule has 0 saturated heterocycles. The van der Waals surface area contributed by atoms with Crippen LogP contribution in [0.5, 0.6) is 5.75 Å². The summed E-state index contributed by atoms with van der Waals surface area (Å²) in [6, 6.07) is 17.6. The average molecular weight is 325 g/mol. The normalized spacial score (nSPS) is 13.5.